The van der Waals surface area contributed by atoms with Crippen LogP contribution in [0.2, 0.25) is 0 Å². The van der Waals surface area contributed by atoms with E-state index in [2.05, 4.69) is 15.6 Å². The molecule has 0 heterocycles. The Hall–Kier alpha value is -0.710. The first-order valence-electron chi connectivity index (χ1n) is 7.69. The van der Waals surface area contributed by atoms with Gasteiger partial charge in [0.15, 0.2) is 0 Å². The molecule has 4 nitrogen and oxygen atoms in total. The van der Waals surface area contributed by atoms with Crippen molar-refractivity contribution in [3.05, 3.63) is 0 Å². The molecule has 4 fully saturated rings. The predicted molar refractivity (Wildman–Crippen MR) is 81.8 cm³/mol. The van der Waals surface area contributed by atoms with Crippen LogP contribution < -0.4 is 0 Å². The molecule has 4 bridgehead atoms. The fourth-order valence-corrected chi connectivity index (χ4v) is 5.71. The molecule has 0 aromatic carbocycles. The number of ether oxygens (including phenoxy) is 1. The first kappa shape index (κ1) is 14.2. The fraction of sp³-hybridized carbons (Fsp3) is 0.867. The van der Waals surface area contributed by atoms with Crippen molar-refractivity contribution in [3.63, 3.8) is 0 Å². The highest BCUT2D eigenvalue weighted by atomic mass is 32.2. The van der Waals surface area contributed by atoms with Crippen molar-refractivity contribution in [2.75, 3.05) is 12.9 Å². The van der Waals surface area contributed by atoms with Crippen LogP contribution in [-0.2, 0) is 4.74 Å². The molecule has 4 saturated carbocycles. The molecule has 0 radical (unpaired) electrons. The minimum atomic E-state index is -0.476. The summed E-state index contributed by atoms with van der Waals surface area (Å²) in [6, 6.07) is 0. The Morgan fingerprint density at radius 3 is 2.30 bits per heavy atom. The number of hydrogen-bond donors (Lipinski definition) is 0. The smallest absolute Gasteiger partial charge is 0.435 e. The summed E-state index contributed by atoms with van der Waals surface area (Å²) in [6.07, 6.45) is 11.4. The highest BCUT2D eigenvalue weighted by Gasteiger charge is 2.53. The van der Waals surface area contributed by atoms with Crippen LogP contribution in [0.4, 0.5) is 4.79 Å². The normalized spacial score (nSPS) is 38.4. The zero-order chi connectivity index (χ0) is 14.2. The number of amides is 1. The number of rotatable bonds is 4. The number of carbonyl (C=O) groups is 1. The third-order valence-electron chi connectivity index (χ3n) is 5.21. The van der Waals surface area contributed by atoms with Crippen LogP contribution >= 0.6 is 11.9 Å². The lowest BCUT2D eigenvalue weighted by molar-refractivity contribution is -0.0342. The Labute approximate surface area is 125 Å². The SMILES string of the molecule is CCOC(=O)/N=C/N(SC)C12CC3CC(CC(C3)C1)C2. The van der Waals surface area contributed by atoms with Gasteiger partial charge in [0, 0.05) is 6.26 Å². The number of aliphatic imine (C=N–C) groups is 1. The molecule has 0 atom stereocenters. The average Bonchev–Trinajstić information content (AvgIpc) is 2.37. The Bertz CT molecular complexity index is 375. The maximum absolute atomic E-state index is 11.4. The third kappa shape index (κ3) is 2.57. The van der Waals surface area contributed by atoms with Crippen LogP contribution in [0.1, 0.15) is 45.4 Å². The summed E-state index contributed by atoms with van der Waals surface area (Å²) in [6.45, 7) is 2.19. The summed E-state index contributed by atoms with van der Waals surface area (Å²) in [5.74, 6) is 2.69. The minimum Gasteiger partial charge on any atom is -0.448 e. The summed E-state index contributed by atoms with van der Waals surface area (Å²) in [5, 5.41) is 0. The lowest BCUT2D eigenvalue weighted by atomic mass is 9.53. The second kappa shape index (κ2) is 5.58. The Morgan fingerprint density at radius 1 is 1.30 bits per heavy atom. The molecule has 5 heteroatoms. The van der Waals surface area contributed by atoms with E-state index < -0.39 is 6.09 Å². The van der Waals surface area contributed by atoms with E-state index >= 15 is 0 Å². The summed E-state index contributed by atoms with van der Waals surface area (Å²) < 4.78 is 7.13. The zero-order valence-electron chi connectivity index (χ0n) is 12.4. The molecule has 0 saturated heterocycles. The Morgan fingerprint density at radius 2 is 1.85 bits per heavy atom. The van der Waals surface area contributed by atoms with Gasteiger partial charge in [0.2, 0.25) is 0 Å². The van der Waals surface area contributed by atoms with Gasteiger partial charge < -0.3 is 9.04 Å². The number of carbonyl (C=O) groups excluding carboxylic acids is 1. The zero-order valence-corrected chi connectivity index (χ0v) is 13.2. The number of nitrogens with zero attached hydrogens (tertiary/aromatic N) is 2. The van der Waals surface area contributed by atoms with E-state index in [-0.39, 0.29) is 5.54 Å². The summed E-state index contributed by atoms with van der Waals surface area (Å²) in [5.41, 5.74) is 0.240. The van der Waals surface area contributed by atoms with Crippen LogP contribution in [0, 0.1) is 17.8 Å². The van der Waals surface area contributed by atoms with Crippen LogP contribution in [0.15, 0.2) is 4.99 Å². The molecule has 0 aromatic rings. The van der Waals surface area contributed by atoms with E-state index in [4.69, 9.17) is 4.74 Å². The van der Waals surface area contributed by atoms with E-state index in [1.807, 2.05) is 0 Å². The Kier molecular flexibility index (Phi) is 3.98. The van der Waals surface area contributed by atoms with E-state index in [0.717, 1.165) is 17.8 Å². The summed E-state index contributed by atoms with van der Waals surface area (Å²) >= 11 is 1.69. The van der Waals surface area contributed by atoms with Crippen molar-refractivity contribution < 1.29 is 9.53 Å². The first-order chi connectivity index (χ1) is 9.65. The van der Waals surface area contributed by atoms with Crippen LogP contribution in [-0.4, -0.2) is 35.1 Å². The topological polar surface area (TPSA) is 41.9 Å². The maximum atomic E-state index is 11.4. The molecular formula is C15H24N2O2S. The maximum Gasteiger partial charge on any atom is 0.435 e. The van der Waals surface area contributed by atoms with Gasteiger partial charge in [-0.05, 0) is 63.2 Å². The first-order valence-corrected chi connectivity index (χ1v) is 8.88. The van der Waals surface area contributed by atoms with Gasteiger partial charge in [0.25, 0.3) is 0 Å². The molecule has 20 heavy (non-hydrogen) atoms. The number of hydrogen-bond acceptors (Lipinski definition) is 3. The Balaban J connectivity index is 1.74. The minimum absolute atomic E-state index is 0.240. The van der Waals surface area contributed by atoms with Gasteiger partial charge in [-0.1, -0.05) is 11.9 Å². The third-order valence-corrected chi connectivity index (χ3v) is 6.08. The molecule has 4 aliphatic carbocycles. The predicted octanol–water partition coefficient (Wildman–Crippen LogP) is 3.72. The van der Waals surface area contributed by atoms with Crippen LogP contribution in [0.5, 0.6) is 0 Å². The van der Waals surface area contributed by atoms with Crippen molar-refractivity contribution in [1.29, 1.82) is 0 Å². The lowest BCUT2D eigenvalue weighted by Crippen LogP contribution is -2.57. The standard InChI is InChI=1S/C15H24N2O2S/c1-3-19-14(18)16-10-17(20-2)15-7-11-4-12(8-15)6-13(5-11)9-15/h10-13H,3-9H2,1-2H3/b16-10+. The van der Waals surface area contributed by atoms with Crippen molar-refractivity contribution in [2.45, 2.75) is 51.0 Å². The molecule has 0 aliphatic heterocycles. The molecule has 112 valence electrons. The van der Waals surface area contributed by atoms with Gasteiger partial charge in [0.05, 0.1) is 12.1 Å². The highest BCUT2D eigenvalue weighted by Crippen LogP contribution is 2.58. The average molecular weight is 296 g/mol. The van der Waals surface area contributed by atoms with E-state index in [1.165, 1.54) is 38.5 Å². The van der Waals surface area contributed by atoms with Crippen molar-refractivity contribution in [2.24, 2.45) is 22.7 Å². The van der Waals surface area contributed by atoms with E-state index in [1.54, 1.807) is 25.2 Å². The van der Waals surface area contributed by atoms with Gasteiger partial charge in [-0.15, -0.1) is 0 Å². The largest absolute Gasteiger partial charge is 0.448 e. The second-order valence-electron chi connectivity index (χ2n) is 6.59. The fourth-order valence-electron chi connectivity index (χ4n) is 4.96. The van der Waals surface area contributed by atoms with E-state index in [9.17, 15) is 4.79 Å². The van der Waals surface area contributed by atoms with Gasteiger partial charge in [0.1, 0.15) is 6.34 Å². The lowest BCUT2D eigenvalue weighted by Gasteiger charge is -2.59. The molecule has 4 aliphatic rings. The molecule has 0 aromatic heterocycles. The quantitative estimate of drug-likeness (QED) is 0.450. The van der Waals surface area contributed by atoms with Crippen molar-refractivity contribution in [3.8, 4) is 0 Å². The van der Waals surface area contributed by atoms with Crippen molar-refractivity contribution >= 4 is 24.4 Å². The van der Waals surface area contributed by atoms with Gasteiger partial charge in [-0.2, -0.15) is 4.99 Å². The second-order valence-corrected chi connectivity index (χ2v) is 7.35. The van der Waals surface area contributed by atoms with Gasteiger partial charge in [-0.3, -0.25) is 0 Å². The molecule has 4 rings (SSSR count). The van der Waals surface area contributed by atoms with Crippen LogP contribution in [0.3, 0.4) is 0 Å². The molecule has 1 amide bonds. The monoisotopic (exact) mass is 296 g/mol. The highest BCUT2D eigenvalue weighted by molar-refractivity contribution is 7.96. The molecule has 0 unspecified atom stereocenters. The van der Waals surface area contributed by atoms with Gasteiger partial charge in [-0.25, -0.2) is 4.79 Å². The van der Waals surface area contributed by atoms with Gasteiger partial charge >= 0.3 is 6.09 Å². The van der Waals surface area contributed by atoms with Crippen molar-refractivity contribution in [1.82, 2.24) is 4.31 Å². The van der Waals surface area contributed by atoms with Crippen LogP contribution in [0.25, 0.3) is 0 Å². The van der Waals surface area contributed by atoms with E-state index in [0.29, 0.717) is 6.61 Å². The molecular weight excluding hydrogens is 272 g/mol. The summed E-state index contributed by atoms with van der Waals surface area (Å²) in [4.78, 5) is 15.4. The molecule has 0 spiro atoms. The summed E-state index contributed by atoms with van der Waals surface area (Å²) in [7, 11) is 0. The molecule has 0 N–H and O–H groups in total.